The van der Waals surface area contributed by atoms with Gasteiger partial charge in [-0.2, -0.15) is 0 Å². The summed E-state index contributed by atoms with van der Waals surface area (Å²) in [5, 5.41) is 4.99. The molecule has 0 spiro atoms. The van der Waals surface area contributed by atoms with Gasteiger partial charge in [0.2, 0.25) is 0 Å². The summed E-state index contributed by atoms with van der Waals surface area (Å²) in [6.07, 6.45) is 0. The van der Waals surface area contributed by atoms with E-state index in [0.29, 0.717) is 0 Å². The van der Waals surface area contributed by atoms with Gasteiger partial charge in [0, 0.05) is 17.1 Å². The molecule has 0 N–H and O–H groups in total. The van der Waals surface area contributed by atoms with Crippen LogP contribution in [0.3, 0.4) is 0 Å². The van der Waals surface area contributed by atoms with Crippen LogP contribution < -0.4 is 4.90 Å². The lowest BCUT2D eigenvalue weighted by Crippen LogP contribution is -2.28. The van der Waals surface area contributed by atoms with Gasteiger partial charge in [0.15, 0.2) is 0 Å². The summed E-state index contributed by atoms with van der Waals surface area (Å²) in [6, 6.07) is 77.9. The van der Waals surface area contributed by atoms with Gasteiger partial charge in [0.1, 0.15) is 0 Å². The third-order valence-corrected chi connectivity index (χ3v) is 10.9. The predicted molar refractivity (Wildman–Crippen MR) is 219 cm³/mol. The maximum Gasteiger partial charge on any atom is 0.0714 e. The maximum atomic E-state index is 2.46. The van der Waals surface area contributed by atoms with Gasteiger partial charge >= 0.3 is 0 Å². The van der Waals surface area contributed by atoms with Crippen LogP contribution in [-0.2, 0) is 5.41 Å². The summed E-state index contributed by atoms with van der Waals surface area (Å²) < 4.78 is 0. The third kappa shape index (κ3) is 4.71. The van der Waals surface area contributed by atoms with Gasteiger partial charge in [-0.1, -0.05) is 176 Å². The molecular weight excluding hydrogens is 627 g/mol. The highest BCUT2D eigenvalue weighted by Crippen LogP contribution is 2.57. The molecular formula is C51H35N. The number of benzene rings is 9. The van der Waals surface area contributed by atoms with Crippen molar-refractivity contribution in [3.8, 4) is 22.3 Å². The third-order valence-electron chi connectivity index (χ3n) is 10.9. The Morgan fingerprint density at radius 1 is 0.308 bits per heavy atom. The molecule has 10 rings (SSSR count). The van der Waals surface area contributed by atoms with Crippen molar-refractivity contribution < 1.29 is 0 Å². The van der Waals surface area contributed by atoms with Crippen LogP contribution in [0.15, 0.2) is 212 Å². The van der Waals surface area contributed by atoms with Crippen LogP contribution in [0.1, 0.15) is 22.3 Å². The van der Waals surface area contributed by atoms with Gasteiger partial charge in [-0.05, 0) is 102 Å². The lowest BCUT2D eigenvalue weighted by molar-refractivity contribution is 0.768. The van der Waals surface area contributed by atoms with Crippen LogP contribution in [0.4, 0.5) is 17.1 Å². The molecule has 244 valence electrons. The van der Waals surface area contributed by atoms with Crippen molar-refractivity contribution in [1.82, 2.24) is 0 Å². The van der Waals surface area contributed by atoms with Crippen molar-refractivity contribution in [2.75, 3.05) is 4.90 Å². The summed E-state index contributed by atoms with van der Waals surface area (Å²) in [5.74, 6) is 0. The van der Waals surface area contributed by atoms with Gasteiger partial charge in [-0.15, -0.1) is 0 Å². The van der Waals surface area contributed by atoms with E-state index in [0.717, 1.165) is 17.1 Å². The van der Waals surface area contributed by atoms with Crippen molar-refractivity contribution in [3.63, 3.8) is 0 Å². The Bertz CT molecular complexity index is 2690. The Morgan fingerprint density at radius 3 is 1.62 bits per heavy atom. The summed E-state index contributed by atoms with van der Waals surface area (Å²) in [7, 11) is 0. The topological polar surface area (TPSA) is 3.24 Å². The van der Waals surface area contributed by atoms with Gasteiger partial charge in [-0.3, -0.25) is 0 Å². The zero-order valence-electron chi connectivity index (χ0n) is 28.7. The normalized spacial score (nSPS) is 12.8. The van der Waals surface area contributed by atoms with Crippen molar-refractivity contribution in [3.05, 3.63) is 235 Å². The fraction of sp³-hybridized carbons (Fsp3) is 0.0196. The van der Waals surface area contributed by atoms with Crippen LogP contribution in [0.5, 0.6) is 0 Å². The lowest BCUT2D eigenvalue weighted by atomic mass is 9.67. The van der Waals surface area contributed by atoms with Crippen molar-refractivity contribution in [2.45, 2.75) is 5.41 Å². The van der Waals surface area contributed by atoms with Crippen molar-refractivity contribution in [1.29, 1.82) is 0 Å². The highest BCUT2D eigenvalue weighted by atomic mass is 15.1. The minimum atomic E-state index is -0.485. The quantitative estimate of drug-likeness (QED) is 0.160. The van der Waals surface area contributed by atoms with E-state index in [-0.39, 0.29) is 0 Å². The highest BCUT2D eigenvalue weighted by molar-refractivity contribution is 6.09. The van der Waals surface area contributed by atoms with E-state index in [9.17, 15) is 0 Å². The van der Waals surface area contributed by atoms with Crippen LogP contribution in [0, 0.1) is 0 Å². The molecule has 9 aromatic rings. The number of anilines is 3. The molecule has 0 bridgehead atoms. The SMILES string of the molecule is c1ccc(-c2cccc(N(c3ccc4c(c3)C(c3ccccc3)(c3ccccc3)c3ccccc3-4)c3ccc4ccc5ccccc5c4c3)c2)cc1. The predicted octanol–water partition coefficient (Wildman–Crippen LogP) is 13.5. The molecule has 0 amide bonds. The molecule has 1 heteroatoms. The fourth-order valence-corrected chi connectivity index (χ4v) is 8.60. The standard InChI is InChI=1S/C51H35N/c1-4-15-36(16-5-1)39-18-14-23-42(33-39)52(43-30-29-38-28-27-37-17-10-11-24-45(37)48(38)34-43)44-31-32-47-46-25-12-13-26-49(46)51(50(47)35-44,40-19-6-2-7-20-40)41-21-8-3-9-22-41/h1-35H. The zero-order valence-corrected chi connectivity index (χ0v) is 28.7. The Morgan fingerprint density at radius 2 is 0.846 bits per heavy atom. The van der Waals surface area contributed by atoms with Crippen molar-refractivity contribution >= 4 is 38.6 Å². The molecule has 0 atom stereocenters. The van der Waals surface area contributed by atoms with E-state index < -0.39 is 5.41 Å². The summed E-state index contributed by atoms with van der Waals surface area (Å²) >= 11 is 0. The number of hydrogen-bond donors (Lipinski definition) is 0. The van der Waals surface area contributed by atoms with E-state index in [1.807, 2.05) is 0 Å². The van der Waals surface area contributed by atoms with Crippen LogP contribution in [-0.4, -0.2) is 0 Å². The van der Waals surface area contributed by atoms with Gasteiger partial charge in [-0.25, -0.2) is 0 Å². The minimum absolute atomic E-state index is 0.485. The monoisotopic (exact) mass is 661 g/mol. The fourth-order valence-electron chi connectivity index (χ4n) is 8.60. The Kier molecular flexibility index (Phi) is 7.11. The van der Waals surface area contributed by atoms with Gasteiger partial charge in [0.25, 0.3) is 0 Å². The molecule has 0 aliphatic heterocycles. The molecule has 0 heterocycles. The highest BCUT2D eigenvalue weighted by Gasteiger charge is 2.46. The van der Waals surface area contributed by atoms with Crippen LogP contribution >= 0.6 is 0 Å². The summed E-state index contributed by atoms with van der Waals surface area (Å²) in [4.78, 5) is 2.44. The summed E-state index contributed by atoms with van der Waals surface area (Å²) in [5.41, 5.74) is 12.9. The molecule has 0 aromatic heterocycles. The molecule has 1 aliphatic rings. The molecule has 0 radical (unpaired) electrons. The molecule has 9 aromatic carbocycles. The first kappa shape index (κ1) is 30.2. The van der Waals surface area contributed by atoms with E-state index in [1.54, 1.807) is 0 Å². The second kappa shape index (κ2) is 12.3. The molecule has 52 heavy (non-hydrogen) atoms. The molecule has 0 fully saturated rings. The second-order valence-electron chi connectivity index (χ2n) is 13.7. The molecule has 0 unspecified atom stereocenters. The first-order chi connectivity index (χ1) is 25.8. The maximum absolute atomic E-state index is 2.46. The first-order valence-corrected chi connectivity index (χ1v) is 18.0. The number of rotatable bonds is 6. The number of nitrogens with zero attached hydrogens (tertiary/aromatic N) is 1. The van der Waals surface area contributed by atoms with Gasteiger partial charge < -0.3 is 4.90 Å². The Labute approximate surface area is 304 Å². The smallest absolute Gasteiger partial charge is 0.0714 e. The van der Waals surface area contributed by atoms with E-state index in [1.165, 1.54) is 66.1 Å². The van der Waals surface area contributed by atoms with Crippen LogP contribution in [0.2, 0.25) is 0 Å². The average Bonchev–Trinajstić information content (AvgIpc) is 3.52. The number of hydrogen-bond acceptors (Lipinski definition) is 1. The van der Waals surface area contributed by atoms with Crippen molar-refractivity contribution in [2.24, 2.45) is 0 Å². The average molecular weight is 662 g/mol. The second-order valence-corrected chi connectivity index (χ2v) is 13.7. The lowest BCUT2D eigenvalue weighted by Gasteiger charge is -2.35. The zero-order chi connectivity index (χ0) is 34.5. The molecule has 0 saturated heterocycles. The van der Waals surface area contributed by atoms with E-state index in [4.69, 9.17) is 0 Å². The van der Waals surface area contributed by atoms with Crippen LogP contribution in [0.25, 0.3) is 43.8 Å². The summed E-state index contributed by atoms with van der Waals surface area (Å²) in [6.45, 7) is 0. The first-order valence-electron chi connectivity index (χ1n) is 18.0. The van der Waals surface area contributed by atoms with E-state index >= 15 is 0 Å². The largest absolute Gasteiger partial charge is 0.310 e. The Balaban J connectivity index is 1.26. The van der Waals surface area contributed by atoms with Gasteiger partial charge in [0.05, 0.1) is 5.41 Å². The molecule has 0 saturated carbocycles. The minimum Gasteiger partial charge on any atom is -0.310 e. The number of fused-ring (bicyclic) bond motifs is 6. The van der Waals surface area contributed by atoms with E-state index in [2.05, 4.69) is 217 Å². The molecule has 1 aliphatic carbocycles. The molecule has 1 nitrogen and oxygen atoms in total. The Hall–Kier alpha value is -6.70.